The van der Waals surface area contributed by atoms with E-state index >= 15 is 0 Å². The van der Waals surface area contributed by atoms with Gasteiger partial charge in [0.25, 0.3) is 0 Å². The number of carbonyl (C=O) groups is 1. The molecule has 1 unspecified atom stereocenters. The molecule has 1 saturated heterocycles. The van der Waals surface area contributed by atoms with Gasteiger partial charge in [0, 0.05) is 45.4 Å². The van der Waals surface area contributed by atoms with Crippen LogP contribution in [-0.4, -0.2) is 61.4 Å². The minimum absolute atomic E-state index is 0.0305. The normalized spacial score (nSPS) is 25.5. The monoisotopic (exact) mass is 244 g/mol. The lowest BCUT2D eigenvalue weighted by Crippen LogP contribution is -2.46. The van der Waals surface area contributed by atoms with E-state index in [4.69, 9.17) is 9.84 Å². The van der Waals surface area contributed by atoms with E-state index in [1.165, 1.54) is 0 Å². The highest BCUT2D eigenvalue weighted by molar-refractivity contribution is 5.70. The Balaban J connectivity index is 2.55. The Hall–Kier alpha value is -0.650. The van der Waals surface area contributed by atoms with Gasteiger partial charge in [-0.25, -0.2) is 0 Å². The predicted molar refractivity (Wildman–Crippen MR) is 66.1 cm³/mol. The van der Waals surface area contributed by atoms with E-state index in [-0.39, 0.29) is 11.5 Å². The highest BCUT2D eigenvalue weighted by Crippen LogP contribution is 2.14. The lowest BCUT2D eigenvalue weighted by molar-refractivity contribution is -0.141. The summed E-state index contributed by atoms with van der Waals surface area (Å²) in [6.07, 6.45) is 0.943. The first-order valence-electron chi connectivity index (χ1n) is 6.14. The van der Waals surface area contributed by atoms with Crippen LogP contribution in [0.15, 0.2) is 0 Å². The molecule has 0 aromatic rings. The molecule has 0 aromatic heterocycles. The van der Waals surface area contributed by atoms with Crippen LogP contribution < -0.4 is 5.32 Å². The van der Waals surface area contributed by atoms with Crippen molar-refractivity contribution >= 4 is 5.97 Å². The molecule has 0 radical (unpaired) electrons. The molecule has 1 aliphatic heterocycles. The van der Waals surface area contributed by atoms with E-state index in [9.17, 15) is 4.79 Å². The zero-order valence-corrected chi connectivity index (χ0v) is 11.0. The lowest BCUT2D eigenvalue weighted by Gasteiger charge is -2.29. The van der Waals surface area contributed by atoms with Gasteiger partial charge in [0.15, 0.2) is 0 Å². The summed E-state index contributed by atoms with van der Waals surface area (Å²) in [5.41, 5.74) is -0.0305. The number of aliphatic carboxylic acids is 1. The molecular formula is C12H24N2O3. The fourth-order valence-corrected chi connectivity index (χ4v) is 2.22. The van der Waals surface area contributed by atoms with Gasteiger partial charge in [0.1, 0.15) is 0 Å². The first kappa shape index (κ1) is 14.4. The number of hydrogen-bond acceptors (Lipinski definition) is 4. The van der Waals surface area contributed by atoms with Crippen LogP contribution in [0.1, 0.15) is 20.3 Å². The van der Waals surface area contributed by atoms with Crippen LogP contribution in [0.4, 0.5) is 0 Å². The Morgan fingerprint density at radius 2 is 2.29 bits per heavy atom. The SMILES string of the molecule is COCCCN1CC(C(=O)O)CNC(C)(C)C1. The Kier molecular flexibility index (Phi) is 5.36. The molecule has 5 heteroatoms. The number of carboxylic acid groups (broad SMARTS) is 1. The molecule has 17 heavy (non-hydrogen) atoms. The van der Waals surface area contributed by atoms with Gasteiger partial charge >= 0.3 is 5.97 Å². The quantitative estimate of drug-likeness (QED) is 0.686. The van der Waals surface area contributed by atoms with Gasteiger partial charge in [0.2, 0.25) is 0 Å². The molecule has 0 aliphatic carbocycles. The van der Waals surface area contributed by atoms with Crippen LogP contribution in [0.5, 0.6) is 0 Å². The standard InChI is InChI=1S/C12H24N2O3/c1-12(2)9-14(5-4-6-17-3)8-10(7-13-12)11(15)16/h10,13H,4-9H2,1-3H3,(H,15,16). The molecule has 1 aliphatic rings. The average Bonchev–Trinajstić information content (AvgIpc) is 2.37. The average molecular weight is 244 g/mol. The zero-order valence-electron chi connectivity index (χ0n) is 11.0. The summed E-state index contributed by atoms with van der Waals surface area (Å²) < 4.78 is 5.03. The number of nitrogens with zero attached hydrogens (tertiary/aromatic N) is 1. The van der Waals surface area contributed by atoms with E-state index < -0.39 is 5.97 Å². The van der Waals surface area contributed by atoms with Crippen molar-refractivity contribution < 1.29 is 14.6 Å². The van der Waals surface area contributed by atoms with Gasteiger partial charge in [-0.1, -0.05) is 0 Å². The maximum atomic E-state index is 11.1. The van der Waals surface area contributed by atoms with E-state index in [2.05, 4.69) is 24.1 Å². The lowest BCUT2D eigenvalue weighted by atomic mass is 10.1. The molecule has 2 N–H and O–H groups in total. The molecule has 0 bridgehead atoms. The summed E-state index contributed by atoms with van der Waals surface area (Å²) in [4.78, 5) is 13.3. The third-order valence-electron chi connectivity index (χ3n) is 3.10. The number of methoxy groups -OCH3 is 1. The Morgan fingerprint density at radius 1 is 1.59 bits per heavy atom. The molecular weight excluding hydrogens is 220 g/mol. The van der Waals surface area contributed by atoms with Gasteiger partial charge in [-0.15, -0.1) is 0 Å². The van der Waals surface area contributed by atoms with Crippen molar-refractivity contribution in [3.05, 3.63) is 0 Å². The molecule has 1 heterocycles. The van der Waals surface area contributed by atoms with E-state index in [1.807, 2.05) is 0 Å². The van der Waals surface area contributed by atoms with Crippen molar-refractivity contribution in [3.63, 3.8) is 0 Å². The summed E-state index contributed by atoms with van der Waals surface area (Å²) in [6, 6.07) is 0. The van der Waals surface area contributed by atoms with Crippen LogP contribution in [0.3, 0.4) is 0 Å². The number of ether oxygens (including phenoxy) is 1. The number of hydrogen-bond donors (Lipinski definition) is 2. The topological polar surface area (TPSA) is 61.8 Å². The summed E-state index contributed by atoms with van der Waals surface area (Å²) in [6.45, 7) is 7.88. The number of carboxylic acids is 1. The van der Waals surface area contributed by atoms with Crippen LogP contribution in [0.2, 0.25) is 0 Å². The van der Waals surface area contributed by atoms with Crippen molar-refractivity contribution in [2.75, 3.05) is 39.9 Å². The third-order valence-corrected chi connectivity index (χ3v) is 3.10. The molecule has 1 rings (SSSR count). The van der Waals surface area contributed by atoms with E-state index in [0.717, 1.165) is 26.1 Å². The third kappa shape index (κ3) is 5.02. The summed E-state index contributed by atoms with van der Waals surface area (Å²) in [7, 11) is 1.69. The summed E-state index contributed by atoms with van der Waals surface area (Å²) in [5.74, 6) is -1.04. The van der Waals surface area contributed by atoms with E-state index in [1.54, 1.807) is 7.11 Å². The van der Waals surface area contributed by atoms with Crippen LogP contribution >= 0.6 is 0 Å². The first-order chi connectivity index (χ1) is 7.94. The molecule has 1 atom stereocenters. The maximum Gasteiger partial charge on any atom is 0.309 e. The smallest absolute Gasteiger partial charge is 0.309 e. The van der Waals surface area contributed by atoms with Gasteiger partial charge in [-0.05, 0) is 20.3 Å². The first-order valence-corrected chi connectivity index (χ1v) is 6.14. The van der Waals surface area contributed by atoms with Crippen LogP contribution in [0.25, 0.3) is 0 Å². The van der Waals surface area contributed by atoms with Crippen molar-refractivity contribution in [1.29, 1.82) is 0 Å². The fourth-order valence-electron chi connectivity index (χ4n) is 2.22. The molecule has 0 aromatic carbocycles. The minimum Gasteiger partial charge on any atom is -0.481 e. The van der Waals surface area contributed by atoms with Crippen molar-refractivity contribution in [1.82, 2.24) is 10.2 Å². The second-order valence-corrected chi connectivity index (χ2v) is 5.38. The second kappa shape index (κ2) is 6.33. The van der Waals surface area contributed by atoms with Crippen LogP contribution in [0, 0.1) is 5.92 Å². The van der Waals surface area contributed by atoms with E-state index in [0.29, 0.717) is 13.1 Å². The van der Waals surface area contributed by atoms with Crippen molar-refractivity contribution in [2.24, 2.45) is 5.92 Å². The van der Waals surface area contributed by atoms with Gasteiger partial charge in [-0.3, -0.25) is 4.79 Å². The van der Waals surface area contributed by atoms with Crippen molar-refractivity contribution in [3.8, 4) is 0 Å². The highest BCUT2D eigenvalue weighted by Gasteiger charge is 2.31. The Bertz CT molecular complexity index is 256. The predicted octanol–water partition coefficient (Wildman–Crippen LogP) is 0.408. The second-order valence-electron chi connectivity index (χ2n) is 5.38. The summed E-state index contributed by atoms with van der Waals surface area (Å²) in [5, 5.41) is 12.5. The van der Waals surface area contributed by atoms with Gasteiger partial charge in [0.05, 0.1) is 5.92 Å². The Labute approximate surface area is 103 Å². The molecule has 0 saturated carbocycles. The van der Waals surface area contributed by atoms with Crippen LogP contribution in [-0.2, 0) is 9.53 Å². The maximum absolute atomic E-state index is 11.1. The molecule has 100 valence electrons. The minimum atomic E-state index is -0.716. The molecule has 0 amide bonds. The number of rotatable bonds is 5. The largest absolute Gasteiger partial charge is 0.481 e. The fraction of sp³-hybridized carbons (Fsp3) is 0.917. The highest BCUT2D eigenvalue weighted by atomic mass is 16.5. The summed E-state index contributed by atoms with van der Waals surface area (Å²) >= 11 is 0. The van der Waals surface area contributed by atoms with Gasteiger partial charge < -0.3 is 20.1 Å². The molecule has 1 fully saturated rings. The Morgan fingerprint density at radius 3 is 2.88 bits per heavy atom. The molecule has 5 nitrogen and oxygen atoms in total. The number of nitrogens with one attached hydrogen (secondary N) is 1. The van der Waals surface area contributed by atoms with Crippen molar-refractivity contribution in [2.45, 2.75) is 25.8 Å². The zero-order chi connectivity index (χ0) is 12.9. The molecule has 0 spiro atoms. The van der Waals surface area contributed by atoms with Gasteiger partial charge in [-0.2, -0.15) is 0 Å².